The van der Waals surface area contributed by atoms with E-state index in [1.54, 1.807) is 32.0 Å². The van der Waals surface area contributed by atoms with Crippen molar-refractivity contribution in [1.29, 1.82) is 0 Å². The van der Waals surface area contributed by atoms with Crippen molar-refractivity contribution in [3.63, 3.8) is 0 Å². The number of carbonyl (C=O) groups is 3. The molecular formula is C22H23F3N4O3. The van der Waals surface area contributed by atoms with Gasteiger partial charge in [0.25, 0.3) is 0 Å². The van der Waals surface area contributed by atoms with E-state index in [1.807, 2.05) is 0 Å². The zero-order valence-electron chi connectivity index (χ0n) is 17.5. The van der Waals surface area contributed by atoms with Crippen LogP contribution in [0.5, 0.6) is 0 Å². The second-order valence-corrected chi connectivity index (χ2v) is 7.33. The smallest absolute Gasteiger partial charge is 0.352 e. The van der Waals surface area contributed by atoms with Gasteiger partial charge in [-0.1, -0.05) is 31.2 Å². The molecule has 2 aromatic carbocycles. The first-order valence-corrected chi connectivity index (χ1v) is 10.0. The van der Waals surface area contributed by atoms with Gasteiger partial charge < -0.3 is 20.9 Å². The molecule has 10 heteroatoms. The van der Waals surface area contributed by atoms with E-state index < -0.39 is 29.7 Å². The molecule has 1 aliphatic heterocycles. The molecule has 1 saturated heterocycles. The van der Waals surface area contributed by atoms with E-state index in [2.05, 4.69) is 16.0 Å². The lowest BCUT2D eigenvalue weighted by atomic mass is 9.96. The van der Waals surface area contributed by atoms with Gasteiger partial charge in [-0.15, -0.1) is 0 Å². The summed E-state index contributed by atoms with van der Waals surface area (Å²) in [5, 5.41) is 7.88. The Morgan fingerprint density at radius 3 is 2.56 bits per heavy atom. The Morgan fingerprint density at radius 2 is 1.88 bits per heavy atom. The van der Waals surface area contributed by atoms with Crippen LogP contribution in [0.25, 0.3) is 0 Å². The molecule has 4 amide bonds. The standard InChI is InChI=1S/C22H23F3N4O3/c1-3-18(30)27-14-9-8-13(2)17(12-14)28-21(32)29-11-10-26-20(31)19(29)15-6-4-5-7-16(15)22(23,24)25/h4-9,12,19H,3,10-11H2,1-2H3,(H,26,31)(H,27,30)(H,28,32)/t19-/m0/s1. The second kappa shape index (κ2) is 9.29. The fraction of sp³-hybridized carbons (Fsp3) is 0.318. The first-order chi connectivity index (χ1) is 15.1. The molecule has 0 spiro atoms. The number of rotatable bonds is 4. The average molecular weight is 448 g/mol. The highest BCUT2D eigenvalue weighted by Gasteiger charge is 2.41. The molecular weight excluding hydrogens is 425 g/mol. The summed E-state index contributed by atoms with van der Waals surface area (Å²) in [6, 6.07) is 7.48. The molecule has 1 fully saturated rings. The lowest BCUT2D eigenvalue weighted by Crippen LogP contribution is -2.53. The van der Waals surface area contributed by atoms with Gasteiger partial charge in [-0.2, -0.15) is 13.2 Å². The van der Waals surface area contributed by atoms with E-state index in [4.69, 9.17) is 0 Å². The summed E-state index contributed by atoms with van der Waals surface area (Å²) in [7, 11) is 0. The van der Waals surface area contributed by atoms with Crippen LogP contribution >= 0.6 is 0 Å². The number of aryl methyl sites for hydroxylation is 1. The van der Waals surface area contributed by atoms with E-state index >= 15 is 0 Å². The van der Waals surface area contributed by atoms with E-state index in [9.17, 15) is 27.6 Å². The van der Waals surface area contributed by atoms with Gasteiger partial charge in [0.05, 0.1) is 5.56 Å². The molecule has 0 bridgehead atoms. The Hall–Kier alpha value is -3.56. The summed E-state index contributed by atoms with van der Waals surface area (Å²) in [4.78, 5) is 38.4. The fourth-order valence-electron chi connectivity index (χ4n) is 3.46. The Kier molecular flexibility index (Phi) is 6.71. The molecule has 3 rings (SSSR count). The van der Waals surface area contributed by atoms with E-state index in [1.165, 1.54) is 18.2 Å². The van der Waals surface area contributed by atoms with Crippen LogP contribution in [-0.4, -0.2) is 35.8 Å². The van der Waals surface area contributed by atoms with Crippen molar-refractivity contribution < 1.29 is 27.6 Å². The summed E-state index contributed by atoms with van der Waals surface area (Å²) in [6.45, 7) is 3.58. The van der Waals surface area contributed by atoms with Crippen molar-refractivity contribution >= 4 is 29.2 Å². The predicted molar refractivity (Wildman–Crippen MR) is 113 cm³/mol. The maximum atomic E-state index is 13.6. The minimum absolute atomic E-state index is 0.0275. The number of hydrogen-bond acceptors (Lipinski definition) is 3. The summed E-state index contributed by atoms with van der Waals surface area (Å²) in [5.74, 6) is -0.897. The third kappa shape index (κ3) is 5.01. The molecule has 1 heterocycles. The topological polar surface area (TPSA) is 90.5 Å². The maximum Gasteiger partial charge on any atom is 0.416 e. The van der Waals surface area contributed by atoms with Gasteiger partial charge in [0.2, 0.25) is 11.8 Å². The molecule has 170 valence electrons. The highest BCUT2D eigenvalue weighted by Crippen LogP contribution is 2.37. The molecule has 0 aromatic heterocycles. The van der Waals surface area contributed by atoms with Crippen molar-refractivity contribution in [3.8, 4) is 0 Å². The Bertz CT molecular complexity index is 1040. The first kappa shape index (κ1) is 23.1. The lowest BCUT2D eigenvalue weighted by molar-refractivity contribution is -0.139. The predicted octanol–water partition coefficient (Wildman–Crippen LogP) is 4.07. The van der Waals surface area contributed by atoms with Crippen LogP contribution in [0.2, 0.25) is 0 Å². The zero-order chi connectivity index (χ0) is 23.5. The summed E-state index contributed by atoms with van der Waals surface area (Å²) < 4.78 is 40.7. The number of hydrogen-bond donors (Lipinski definition) is 3. The number of piperazine rings is 1. The summed E-state index contributed by atoms with van der Waals surface area (Å²) >= 11 is 0. The van der Waals surface area contributed by atoms with Crippen molar-refractivity contribution in [3.05, 3.63) is 59.2 Å². The summed E-state index contributed by atoms with van der Waals surface area (Å²) in [5.41, 5.74) is 0.251. The van der Waals surface area contributed by atoms with Gasteiger partial charge in [-0.25, -0.2) is 4.79 Å². The molecule has 0 unspecified atom stereocenters. The molecule has 3 N–H and O–H groups in total. The van der Waals surface area contributed by atoms with E-state index in [-0.39, 0.29) is 31.0 Å². The van der Waals surface area contributed by atoms with Gasteiger partial charge in [-0.3, -0.25) is 9.59 Å². The number of benzene rings is 2. The van der Waals surface area contributed by atoms with Crippen LogP contribution in [0, 0.1) is 6.92 Å². The molecule has 0 aliphatic carbocycles. The molecule has 1 aliphatic rings. The highest BCUT2D eigenvalue weighted by atomic mass is 19.4. The quantitative estimate of drug-likeness (QED) is 0.659. The molecule has 2 aromatic rings. The third-order valence-electron chi connectivity index (χ3n) is 5.12. The number of amides is 4. The van der Waals surface area contributed by atoms with Crippen molar-refractivity contribution in [1.82, 2.24) is 10.2 Å². The van der Waals surface area contributed by atoms with Gasteiger partial charge in [0, 0.05) is 30.9 Å². The van der Waals surface area contributed by atoms with Gasteiger partial charge in [0.1, 0.15) is 6.04 Å². The number of alkyl halides is 3. The van der Waals surface area contributed by atoms with Crippen molar-refractivity contribution in [2.75, 3.05) is 23.7 Å². The largest absolute Gasteiger partial charge is 0.416 e. The van der Waals surface area contributed by atoms with Gasteiger partial charge in [-0.05, 0) is 36.2 Å². The molecule has 1 atom stereocenters. The van der Waals surface area contributed by atoms with Gasteiger partial charge in [0.15, 0.2) is 0 Å². The normalized spacial score (nSPS) is 16.3. The van der Waals surface area contributed by atoms with E-state index in [0.717, 1.165) is 11.0 Å². The fourth-order valence-corrected chi connectivity index (χ4v) is 3.46. The molecule has 0 saturated carbocycles. The van der Waals surface area contributed by atoms with Crippen molar-refractivity contribution in [2.45, 2.75) is 32.5 Å². The molecule has 32 heavy (non-hydrogen) atoms. The van der Waals surface area contributed by atoms with Crippen LogP contribution in [0.1, 0.15) is 36.1 Å². The Labute approximate surface area is 183 Å². The molecule has 0 radical (unpaired) electrons. The maximum absolute atomic E-state index is 13.6. The lowest BCUT2D eigenvalue weighted by Gasteiger charge is -2.36. The minimum Gasteiger partial charge on any atom is -0.352 e. The number of carbonyl (C=O) groups excluding carboxylic acids is 3. The van der Waals surface area contributed by atoms with Crippen LogP contribution in [0.4, 0.5) is 29.3 Å². The van der Waals surface area contributed by atoms with Crippen LogP contribution < -0.4 is 16.0 Å². The monoisotopic (exact) mass is 448 g/mol. The summed E-state index contributed by atoms with van der Waals surface area (Å²) in [6.07, 6.45) is -4.41. The number of nitrogens with zero attached hydrogens (tertiary/aromatic N) is 1. The van der Waals surface area contributed by atoms with Gasteiger partial charge >= 0.3 is 12.2 Å². The number of nitrogens with one attached hydrogen (secondary N) is 3. The second-order valence-electron chi connectivity index (χ2n) is 7.33. The number of halogens is 3. The van der Waals surface area contributed by atoms with Crippen LogP contribution in [0.15, 0.2) is 42.5 Å². The Morgan fingerprint density at radius 1 is 1.16 bits per heavy atom. The molecule has 7 nitrogen and oxygen atoms in total. The minimum atomic E-state index is -4.68. The van der Waals surface area contributed by atoms with Crippen LogP contribution in [-0.2, 0) is 15.8 Å². The third-order valence-corrected chi connectivity index (χ3v) is 5.12. The van der Waals surface area contributed by atoms with Crippen molar-refractivity contribution in [2.24, 2.45) is 0 Å². The number of urea groups is 1. The first-order valence-electron chi connectivity index (χ1n) is 10.0. The highest BCUT2D eigenvalue weighted by molar-refractivity contribution is 5.97. The van der Waals surface area contributed by atoms with E-state index in [0.29, 0.717) is 16.9 Å². The average Bonchev–Trinajstić information content (AvgIpc) is 2.75. The number of anilines is 2. The van der Waals surface area contributed by atoms with Crippen LogP contribution in [0.3, 0.4) is 0 Å². The SMILES string of the molecule is CCC(=O)Nc1ccc(C)c(NC(=O)N2CCNC(=O)[C@@H]2c2ccccc2C(F)(F)F)c1. The Balaban J connectivity index is 1.92. The zero-order valence-corrected chi connectivity index (χ0v) is 17.5.